The maximum Gasteiger partial charge on any atom is 0.320 e. The fraction of sp³-hybridized carbons (Fsp3) is 0.800. The minimum atomic E-state index is -3.52. The predicted octanol–water partition coefficient (Wildman–Crippen LogP) is -0.863. The van der Waals surface area contributed by atoms with Crippen molar-refractivity contribution in [2.24, 2.45) is 11.5 Å². The molecule has 4 heteroatoms. The standard InChI is InChI=1S/C5H12N2O2/c6-3-1-2-4(7)5(8)9/h4H,1-3,6-7H2,(H,8,9)/t4-/m0/s1/i1D2,2D2,3D2,4D. The molecule has 9 heavy (non-hydrogen) atoms. The number of nitrogens with two attached hydrogens (primary N) is 2. The van der Waals surface area contributed by atoms with Gasteiger partial charge in [-0.3, -0.25) is 4.79 Å². The van der Waals surface area contributed by atoms with Crippen molar-refractivity contribution in [3.05, 3.63) is 0 Å². The summed E-state index contributed by atoms with van der Waals surface area (Å²) in [7, 11) is 0. The molecule has 5 N–H and O–H groups in total. The van der Waals surface area contributed by atoms with Gasteiger partial charge in [0.05, 0.1) is 1.37 Å². The first kappa shape index (κ1) is 2.21. The summed E-state index contributed by atoms with van der Waals surface area (Å²) in [4.78, 5) is 10.6. The van der Waals surface area contributed by atoms with Gasteiger partial charge in [-0.15, -0.1) is 0 Å². The normalized spacial score (nSPS) is 32.9. The van der Waals surface area contributed by atoms with E-state index in [1.165, 1.54) is 0 Å². The highest BCUT2D eigenvalue weighted by Gasteiger charge is 2.08. The van der Waals surface area contributed by atoms with Gasteiger partial charge in [0, 0.05) is 8.22 Å². The van der Waals surface area contributed by atoms with Crippen LogP contribution in [-0.2, 0) is 4.79 Å². The molecule has 0 rings (SSSR count). The Labute approximate surface area is 63.7 Å². The van der Waals surface area contributed by atoms with E-state index in [2.05, 4.69) is 0 Å². The summed E-state index contributed by atoms with van der Waals surface area (Å²) >= 11 is 0. The zero-order chi connectivity index (χ0) is 13.6. The topological polar surface area (TPSA) is 89.3 Å². The molecule has 0 unspecified atom stereocenters. The summed E-state index contributed by atoms with van der Waals surface area (Å²) in [6, 6.07) is -3.36. The van der Waals surface area contributed by atoms with Gasteiger partial charge >= 0.3 is 5.97 Å². The van der Waals surface area contributed by atoms with Crippen molar-refractivity contribution in [3.63, 3.8) is 0 Å². The Hall–Kier alpha value is -0.610. The summed E-state index contributed by atoms with van der Waals surface area (Å²) in [6.07, 6.45) is -6.97. The molecule has 0 saturated heterocycles. The molecule has 1 atom stereocenters. The largest absolute Gasteiger partial charge is 0.480 e. The molecule has 0 fully saturated rings. The van der Waals surface area contributed by atoms with Crippen LogP contribution in [0.2, 0.25) is 0 Å². The molecule has 0 aliphatic rings. The van der Waals surface area contributed by atoms with Crippen molar-refractivity contribution >= 4 is 5.97 Å². The monoisotopic (exact) mass is 139 g/mol. The summed E-state index contributed by atoms with van der Waals surface area (Å²) in [5.74, 6) is -2.12. The van der Waals surface area contributed by atoms with Crippen molar-refractivity contribution in [1.29, 1.82) is 0 Å². The number of aliphatic carboxylic acids is 1. The smallest absolute Gasteiger partial charge is 0.320 e. The van der Waals surface area contributed by atoms with E-state index < -0.39 is 31.2 Å². The first-order chi connectivity index (χ1) is 6.69. The summed E-state index contributed by atoms with van der Waals surface area (Å²) in [6.45, 7) is -3.18. The van der Waals surface area contributed by atoms with Gasteiger partial charge in [0.2, 0.25) is 0 Å². The Morgan fingerprint density at radius 1 is 2.00 bits per heavy atom. The van der Waals surface area contributed by atoms with E-state index in [-0.39, 0.29) is 0 Å². The molecule has 0 aromatic rings. The van der Waals surface area contributed by atoms with Crippen LogP contribution in [0.5, 0.6) is 0 Å². The Bertz CT molecular complexity index is 298. The number of hydrogen-bond acceptors (Lipinski definition) is 3. The molecule has 0 bridgehead atoms. The lowest BCUT2D eigenvalue weighted by atomic mass is 10.2. The minimum absolute atomic E-state index is 2.12. The zero-order valence-electron chi connectivity index (χ0n) is 11.5. The molecule has 0 aliphatic heterocycles. The minimum Gasteiger partial charge on any atom is -0.480 e. The van der Waals surface area contributed by atoms with E-state index in [9.17, 15) is 4.79 Å². The second-order valence-electron chi connectivity index (χ2n) is 1.11. The molecule has 54 valence electrons. The molecular weight excluding hydrogens is 120 g/mol. The first-order valence-electron chi connectivity index (χ1n) is 5.51. The van der Waals surface area contributed by atoms with Crippen LogP contribution in [0.25, 0.3) is 0 Å². The van der Waals surface area contributed by atoms with E-state index >= 15 is 0 Å². The Kier molecular flexibility index (Phi) is 1.05. The lowest BCUT2D eigenvalue weighted by Crippen LogP contribution is -2.30. The van der Waals surface area contributed by atoms with Gasteiger partial charge in [-0.2, -0.15) is 0 Å². The van der Waals surface area contributed by atoms with E-state index in [4.69, 9.17) is 26.2 Å². The van der Waals surface area contributed by atoms with Crippen LogP contribution in [-0.4, -0.2) is 23.6 Å². The van der Waals surface area contributed by atoms with Crippen molar-refractivity contribution in [3.8, 4) is 0 Å². The number of carboxylic acids is 1. The molecule has 0 aromatic carbocycles. The van der Waals surface area contributed by atoms with Crippen LogP contribution in [0.3, 0.4) is 0 Å². The highest BCUT2D eigenvalue weighted by atomic mass is 16.4. The maximum atomic E-state index is 10.6. The third kappa shape index (κ3) is 3.93. The van der Waals surface area contributed by atoms with Gasteiger partial charge < -0.3 is 16.6 Å². The first-order valence-corrected chi connectivity index (χ1v) is 2.01. The number of carboxylic acid groups (broad SMARTS) is 1. The van der Waals surface area contributed by atoms with Crippen LogP contribution in [0.4, 0.5) is 0 Å². The second kappa shape index (κ2) is 4.29. The molecule has 0 aliphatic carbocycles. The van der Waals surface area contributed by atoms with Gasteiger partial charge in [0.15, 0.2) is 0 Å². The number of carbonyl (C=O) groups is 1. The number of rotatable bonds is 4. The average Bonchev–Trinajstić information content (AvgIpc) is 2.00. The molecule has 0 heterocycles. The summed E-state index contributed by atoms with van der Waals surface area (Å²) < 4.78 is 49.6. The third-order valence-corrected chi connectivity index (χ3v) is 0.500. The van der Waals surface area contributed by atoms with Crippen LogP contribution < -0.4 is 11.5 Å². The summed E-state index contributed by atoms with van der Waals surface area (Å²) in [5.41, 5.74) is 9.63. The molecular formula is C5H12N2O2. The lowest BCUT2D eigenvalue weighted by Gasteiger charge is -2.02. The van der Waals surface area contributed by atoms with Crippen molar-refractivity contribution in [2.45, 2.75) is 18.8 Å². The quantitative estimate of drug-likeness (QED) is 0.472. The molecule has 0 aromatic heterocycles. The van der Waals surface area contributed by atoms with Gasteiger partial charge in [0.1, 0.15) is 6.02 Å². The molecule has 4 nitrogen and oxygen atoms in total. The molecule has 0 amide bonds. The Balaban J connectivity index is 5.62. The second-order valence-corrected chi connectivity index (χ2v) is 1.11. The SMILES string of the molecule is [2H]C([2H])(N)C([2H])([2H])C([2H])([2H])[C@]([2H])(N)C(=O)O. The van der Waals surface area contributed by atoms with Crippen LogP contribution in [0, 0.1) is 0 Å². The van der Waals surface area contributed by atoms with E-state index in [0.717, 1.165) is 0 Å². The third-order valence-electron chi connectivity index (χ3n) is 0.500. The van der Waals surface area contributed by atoms with Crippen LogP contribution in [0.15, 0.2) is 0 Å². The van der Waals surface area contributed by atoms with Gasteiger partial charge in [-0.05, 0) is 19.2 Å². The Morgan fingerprint density at radius 3 is 2.89 bits per heavy atom. The van der Waals surface area contributed by atoms with Crippen molar-refractivity contribution in [2.75, 3.05) is 6.50 Å². The fourth-order valence-electron chi connectivity index (χ4n) is 0.157. The number of hydrogen-bond donors (Lipinski definition) is 3. The average molecular weight is 139 g/mol. The molecule has 0 radical (unpaired) electrons. The highest BCUT2D eigenvalue weighted by molar-refractivity contribution is 5.72. The van der Waals surface area contributed by atoms with Crippen molar-refractivity contribution in [1.82, 2.24) is 0 Å². The molecule has 0 spiro atoms. The van der Waals surface area contributed by atoms with E-state index in [1.54, 1.807) is 0 Å². The predicted molar refractivity (Wildman–Crippen MR) is 33.9 cm³/mol. The zero-order valence-corrected chi connectivity index (χ0v) is 4.51. The fourth-order valence-corrected chi connectivity index (χ4v) is 0.157. The van der Waals surface area contributed by atoms with Crippen molar-refractivity contribution < 1.29 is 19.5 Å². The highest BCUT2D eigenvalue weighted by Crippen LogP contribution is 1.91. The Morgan fingerprint density at radius 2 is 2.56 bits per heavy atom. The maximum absolute atomic E-state index is 10.6. The van der Waals surface area contributed by atoms with Gasteiger partial charge in [-0.1, -0.05) is 0 Å². The van der Waals surface area contributed by atoms with Gasteiger partial charge in [0.25, 0.3) is 0 Å². The van der Waals surface area contributed by atoms with Crippen LogP contribution >= 0.6 is 0 Å². The van der Waals surface area contributed by atoms with Crippen LogP contribution in [0.1, 0.15) is 22.3 Å². The summed E-state index contributed by atoms with van der Waals surface area (Å²) in [5, 5.41) is 8.52. The van der Waals surface area contributed by atoms with E-state index in [0.29, 0.717) is 0 Å². The van der Waals surface area contributed by atoms with Gasteiger partial charge in [-0.25, -0.2) is 0 Å². The lowest BCUT2D eigenvalue weighted by molar-refractivity contribution is -0.138. The molecule has 0 saturated carbocycles. The van der Waals surface area contributed by atoms with E-state index in [1.807, 2.05) is 0 Å².